The quantitative estimate of drug-likeness (QED) is 0.137. The number of phenols is 3. The van der Waals surface area contributed by atoms with Crippen molar-refractivity contribution in [3.05, 3.63) is 52.8 Å². The number of anilines is 1. The Labute approximate surface area is 296 Å². The Morgan fingerprint density at radius 2 is 1.67 bits per heavy atom. The lowest BCUT2D eigenvalue weighted by Gasteiger charge is -2.38. The van der Waals surface area contributed by atoms with Crippen LogP contribution in [0.2, 0.25) is 0 Å². The molecule has 0 aliphatic carbocycles. The Bertz CT molecular complexity index is 1860. The third-order valence-electron chi connectivity index (χ3n) is 10.5. The number of Topliss-reactive ketones (excluding diaryl/α,β-unsaturated/α-hetero) is 1. The maximum absolute atomic E-state index is 14.1. The zero-order chi connectivity index (χ0) is 37.7. The average Bonchev–Trinajstić information content (AvgIpc) is 3.36. The number of carbonyl (C=O) groups is 2. The third-order valence-corrected chi connectivity index (χ3v) is 10.5. The average molecular weight is 709 g/mol. The molecule has 5 aliphatic rings. The van der Waals surface area contributed by atoms with Gasteiger partial charge in [-0.15, -0.1) is 0 Å². The predicted molar refractivity (Wildman–Crippen MR) is 190 cm³/mol. The molecule has 0 spiro atoms. The van der Waals surface area contributed by atoms with Gasteiger partial charge < -0.3 is 49.8 Å². The van der Waals surface area contributed by atoms with Crippen LogP contribution < -0.4 is 10.1 Å². The van der Waals surface area contributed by atoms with Gasteiger partial charge in [-0.3, -0.25) is 14.6 Å². The van der Waals surface area contributed by atoms with Crippen LogP contribution in [0.15, 0.2) is 41.1 Å². The molecular formula is C38H48N2O11. The summed E-state index contributed by atoms with van der Waals surface area (Å²) < 4.78 is 23.4. The van der Waals surface area contributed by atoms with Gasteiger partial charge in [-0.2, -0.15) is 0 Å². The van der Waals surface area contributed by atoms with Crippen molar-refractivity contribution >= 4 is 34.0 Å². The van der Waals surface area contributed by atoms with Crippen molar-refractivity contribution in [2.75, 3.05) is 12.4 Å². The second-order valence-electron chi connectivity index (χ2n) is 14.0. The Hall–Kier alpha value is -4.59. The number of rotatable bonds is 2. The largest absolute Gasteiger partial charge is 0.507 e. The summed E-state index contributed by atoms with van der Waals surface area (Å²) >= 11 is 0. The minimum Gasteiger partial charge on any atom is -0.507 e. The molecule has 5 heterocycles. The van der Waals surface area contributed by atoms with Gasteiger partial charge in [0.2, 0.25) is 0 Å². The van der Waals surface area contributed by atoms with Crippen molar-refractivity contribution in [3.63, 3.8) is 0 Å². The van der Waals surface area contributed by atoms with Gasteiger partial charge in [-0.05, 0) is 25.5 Å². The molecule has 0 saturated heterocycles. The summed E-state index contributed by atoms with van der Waals surface area (Å²) in [5, 5.41) is 60.0. The summed E-state index contributed by atoms with van der Waals surface area (Å²) in [5.41, 5.74) is 1.09. The molecule has 9 atom stereocenters. The Balaban J connectivity index is 1.66. The van der Waals surface area contributed by atoms with Crippen LogP contribution in [0.1, 0.15) is 70.0 Å². The molecule has 2 aromatic carbocycles. The highest BCUT2D eigenvalue weighted by atomic mass is 16.7. The van der Waals surface area contributed by atoms with Gasteiger partial charge in [0.15, 0.2) is 5.75 Å². The molecule has 2 aromatic rings. The van der Waals surface area contributed by atoms with Crippen molar-refractivity contribution in [1.82, 2.24) is 0 Å². The fraction of sp³-hybridized carbons (Fsp3) is 0.500. The van der Waals surface area contributed by atoms with E-state index in [1.165, 1.54) is 40.2 Å². The number of amidine groups is 1. The molecule has 0 radical (unpaired) electrons. The zero-order valence-corrected chi connectivity index (χ0v) is 30.3. The van der Waals surface area contributed by atoms with E-state index in [1.54, 1.807) is 45.9 Å². The number of methoxy groups -OCH3 is 1. The van der Waals surface area contributed by atoms with Crippen LogP contribution in [0.3, 0.4) is 0 Å². The first-order valence-electron chi connectivity index (χ1n) is 17.0. The Kier molecular flexibility index (Phi) is 10.5. The number of aliphatic imine (C=N–C) groups is 1. The number of nitrogens with zero attached hydrogens (tertiary/aromatic N) is 1. The molecule has 0 fully saturated rings. The number of benzene rings is 2. The second-order valence-corrected chi connectivity index (χ2v) is 14.0. The van der Waals surface area contributed by atoms with E-state index in [0.717, 1.165) is 0 Å². The molecule has 276 valence electrons. The van der Waals surface area contributed by atoms with Crippen LogP contribution in [0.4, 0.5) is 5.69 Å². The number of hydrogen-bond donors (Lipinski definition) is 6. The van der Waals surface area contributed by atoms with E-state index in [-0.39, 0.29) is 68.6 Å². The summed E-state index contributed by atoms with van der Waals surface area (Å²) in [7, 11) is 1.45. The number of aromatic hydroxyl groups is 3. The van der Waals surface area contributed by atoms with E-state index in [0.29, 0.717) is 11.4 Å². The minimum absolute atomic E-state index is 0.0143. The van der Waals surface area contributed by atoms with Crippen LogP contribution in [0.5, 0.6) is 23.0 Å². The van der Waals surface area contributed by atoms with Gasteiger partial charge in [-0.25, -0.2) is 0 Å². The highest BCUT2D eigenvalue weighted by molar-refractivity contribution is 6.22. The number of carbonyl (C=O) groups excluding carboxylic acids is 2. The van der Waals surface area contributed by atoms with Crippen molar-refractivity contribution in [3.8, 4) is 23.0 Å². The number of aliphatic hydroxyl groups excluding tert-OH is 2. The number of aliphatic hydroxyl groups is 2. The van der Waals surface area contributed by atoms with Gasteiger partial charge in [0.05, 0.1) is 47.8 Å². The molecule has 7 rings (SSSR count). The van der Waals surface area contributed by atoms with Crippen LogP contribution in [0.25, 0.3) is 10.8 Å². The molecule has 0 unspecified atom stereocenters. The van der Waals surface area contributed by atoms with Crippen molar-refractivity contribution < 1.29 is 54.1 Å². The Morgan fingerprint density at radius 3 is 2.31 bits per heavy atom. The Morgan fingerprint density at radius 1 is 0.980 bits per heavy atom. The molecular weight excluding hydrogens is 660 g/mol. The third kappa shape index (κ3) is 6.54. The van der Waals surface area contributed by atoms with Crippen LogP contribution >= 0.6 is 0 Å². The fourth-order valence-corrected chi connectivity index (χ4v) is 7.27. The van der Waals surface area contributed by atoms with Crippen LogP contribution in [0, 0.1) is 30.6 Å². The highest BCUT2D eigenvalue weighted by Gasteiger charge is 2.50. The topological polar surface area (TPSA) is 197 Å². The smallest absolute Gasteiger partial charge is 0.312 e. The molecule has 0 amide bonds. The van der Waals surface area contributed by atoms with E-state index in [9.17, 15) is 35.1 Å². The van der Waals surface area contributed by atoms with E-state index < -0.39 is 59.7 Å². The van der Waals surface area contributed by atoms with Crippen LogP contribution in [-0.2, 0) is 25.5 Å². The van der Waals surface area contributed by atoms with E-state index in [1.807, 2.05) is 6.92 Å². The predicted octanol–water partition coefficient (Wildman–Crippen LogP) is 5.14. The lowest BCUT2D eigenvalue weighted by Crippen LogP contribution is -2.46. The second kappa shape index (κ2) is 14.2. The van der Waals surface area contributed by atoms with Crippen molar-refractivity contribution in [2.24, 2.45) is 28.7 Å². The lowest BCUT2D eigenvalue weighted by molar-refractivity contribution is -0.160. The lowest BCUT2D eigenvalue weighted by atomic mass is 9.78. The zero-order valence-electron chi connectivity index (χ0n) is 30.3. The van der Waals surface area contributed by atoms with Crippen molar-refractivity contribution in [2.45, 2.75) is 92.1 Å². The van der Waals surface area contributed by atoms with Gasteiger partial charge in [0.1, 0.15) is 29.2 Å². The van der Waals surface area contributed by atoms with Gasteiger partial charge in [0, 0.05) is 61.1 Å². The number of hydrogen-bond acceptors (Lipinski definition) is 13. The molecule has 13 nitrogen and oxygen atoms in total. The fourth-order valence-electron chi connectivity index (χ4n) is 7.27. The van der Waals surface area contributed by atoms with Gasteiger partial charge >= 0.3 is 11.8 Å². The maximum atomic E-state index is 14.1. The van der Waals surface area contributed by atoms with E-state index in [2.05, 4.69) is 10.3 Å². The summed E-state index contributed by atoms with van der Waals surface area (Å²) in [5.74, 6) is -6.11. The van der Waals surface area contributed by atoms with Crippen molar-refractivity contribution in [1.29, 1.82) is 0 Å². The first-order chi connectivity index (χ1) is 23.9. The van der Waals surface area contributed by atoms with E-state index >= 15 is 0 Å². The summed E-state index contributed by atoms with van der Waals surface area (Å²) in [6.07, 6.45) is 4.43. The number of ketones is 1. The normalized spacial score (nSPS) is 33.5. The molecule has 51 heavy (non-hydrogen) atoms. The molecule has 7 bridgehead atoms. The molecule has 5 aliphatic heterocycles. The summed E-state index contributed by atoms with van der Waals surface area (Å²) in [6.45, 7) is 13.0. The number of esters is 1. The molecule has 13 heteroatoms. The highest BCUT2D eigenvalue weighted by Crippen LogP contribution is 2.55. The number of fused-ring (bicyclic) bond motifs is 1. The first kappa shape index (κ1) is 37.7. The summed E-state index contributed by atoms with van der Waals surface area (Å²) in [4.78, 5) is 30.9. The molecule has 0 saturated carbocycles. The number of allylic oxidation sites excluding steroid dienone is 2. The SMILES string of the molecule is CO[C@H]1/C=C\O[C@@]2(C)Oc3c(C)c(O)c4c(O)c5c(c(O)c4c3C2=O)CN=C(N5)/C(C)=C\C=C\[C@H](C)[C@H](O)[C@@H](C)[C@@H](O)[C@@H](C)[C@H](OC(C)=O)[C@@H]1C. The minimum atomic E-state index is -1.95. The monoisotopic (exact) mass is 708 g/mol. The standard InChI is InChI=1S/C38H48N2O11/c1-16-11-10-12-17(2)37-39-15-23-28(40-37)33(46)26-25(32(23)45)27-35(21(6)31(26)44)51-38(8,36(27)47)49-14-13-24(48-9)18(3)34(50-22(7)41)20(5)30(43)19(4)29(16)42/h10-14,16,18-20,24,29-30,34,42-46H,15H2,1-9H3,(H,39,40)/b11-10+,14-13-,17-12-/t16-,18+,19+,20+,24-,29-,30+,34+,38-/m0/s1. The first-order valence-corrected chi connectivity index (χ1v) is 17.0. The number of ether oxygens (including phenoxy) is 4. The van der Waals surface area contributed by atoms with Gasteiger partial charge in [0.25, 0.3) is 5.78 Å². The van der Waals surface area contributed by atoms with Crippen LogP contribution in [-0.4, -0.2) is 80.4 Å². The maximum Gasteiger partial charge on any atom is 0.312 e. The summed E-state index contributed by atoms with van der Waals surface area (Å²) in [6, 6.07) is 0. The number of nitrogens with one attached hydrogen (secondary N) is 1. The molecule has 0 aromatic heterocycles. The molecule has 6 N–H and O–H groups in total. The number of phenolic OH excluding ortho intramolecular Hbond substituents is 3. The van der Waals surface area contributed by atoms with Gasteiger partial charge in [-0.1, -0.05) is 45.9 Å². The van der Waals surface area contributed by atoms with E-state index in [4.69, 9.17) is 18.9 Å².